The molecule has 0 saturated heterocycles. The van der Waals surface area contributed by atoms with E-state index in [1.807, 2.05) is 71.6 Å². The Morgan fingerprint density at radius 3 is 2.47 bits per heavy atom. The van der Waals surface area contributed by atoms with Crippen molar-refractivity contribution in [2.45, 2.75) is 19.9 Å². The van der Waals surface area contributed by atoms with E-state index in [2.05, 4.69) is 6.07 Å². The van der Waals surface area contributed by atoms with Gasteiger partial charge in [-0.2, -0.15) is 0 Å². The Labute approximate surface area is 198 Å². The Kier molecular flexibility index (Phi) is 5.76. The number of hydrogen-bond donors (Lipinski definition) is 0. The van der Waals surface area contributed by atoms with Gasteiger partial charge in [-0.15, -0.1) is 0 Å². The van der Waals surface area contributed by atoms with Gasteiger partial charge in [0.2, 0.25) is 0 Å². The number of carbonyl (C=O) groups is 2. The molecule has 1 aliphatic rings. The highest BCUT2D eigenvalue weighted by molar-refractivity contribution is 6.25. The van der Waals surface area contributed by atoms with Gasteiger partial charge in [-0.1, -0.05) is 42.5 Å². The molecule has 0 aliphatic carbocycles. The molecule has 0 bridgehead atoms. The molecule has 0 unspecified atom stereocenters. The number of esters is 1. The summed E-state index contributed by atoms with van der Waals surface area (Å²) in [6, 6.07) is 25.3. The Bertz CT molecular complexity index is 1390. The van der Waals surface area contributed by atoms with Crippen LogP contribution in [0.5, 0.6) is 5.75 Å². The molecule has 0 spiro atoms. The van der Waals surface area contributed by atoms with Crippen molar-refractivity contribution >= 4 is 28.3 Å². The van der Waals surface area contributed by atoms with E-state index in [4.69, 9.17) is 9.47 Å². The molecule has 0 radical (unpaired) electrons. The molecule has 5 nitrogen and oxygen atoms in total. The van der Waals surface area contributed by atoms with Gasteiger partial charge in [-0.3, -0.25) is 4.79 Å². The summed E-state index contributed by atoms with van der Waals surface area (Å²) in [6.45, 7) is 2.64. The van der Waals surface area contributed by atoms with E-state index in [9.17, 15) is 9.59 Å². The van der Waals surface area contributed by atoms with Crippen LogP contribution in [0.4, 0.5) is 5.69 Å². The van der Waals surface area contributed by atoms with Crippen molar-refractivity contribution in [2.24, 2.45) is 0 Å². The van der Waals surface area contributed by atoms with Crippen molar-refractivity contribution < 1.29 is 19.1 Å². The third kappa shape index (κ3) is 3.90. The summed E-state index contributed by atoms with van der Waals surface area (Å²) in [5, 5.41) is 2.04. The van der Waals surface area contributed by atoms with E-state index in [1.165, 1.54) is 0 Å². The minimum atomic E-state index is -0.315. The molecular weight excluding hydrogens is 426 g/mol. The van der Waals surface area contributed by atoms with Gasteiger partial charge >= 0.3 is 5.97 Å². The van der Waals surface area contributed by atoms with E-state index < -0.39 is 0 Å². The smallest absolute Gasteiger partial charge is 0.338 e. The van der Waals surface area contributed by atoms with Crippen LogP contribution in [0, 0.1) is 0 Å². The second-order valence-corrected chi connectivity index (χ2v) is 8.31. The topological polar surface area (TPSA) is 55.8 Å². The van der Waals surface area contributed by atoms with Crippen LogP contribution in [-0.2, 0) is 17.7 Å². The van der Waals surface area contributed by atoms with Crippen molar-refractivity contribution in [1.29, 1.82) is 0 Å². The lowest BCUT2D eigenvalue weighted by Gasteiger charge is -2.18. The zero-order valence-corrected chi connectivity index (χ0v) is 19.2. The van der Waals surface area contributed by atoms with E-state index in [-0.39, 0.29) is 11.9 Å². The largest absolute Gasteiger partial charge is 0.497 e. The third-order valence-corrected chi connectivity index (χ3v) is 6.21. The second kappa shape index (κ2) is 9.02. The fourth-order valence-electron chi connectivity index (χ4n) is 4.57. The van der Waals surface area contributed by atoms with Gasteiger partial charge in [0.05, 0.1) is 31.5 Å². The molecule has 4 aromatic rings. The van der Waals surface area contributed by atoms with Gasteiger partial charge in [0.15, 0.2) is 0 Å². The predicted octanol–water partition coefficient (Wildman–Crippen LogP) is 5.78. The zero-order valence-electron chi connectivity index (χ0n) is 19.2. The van der Waals surface area contributed by atoms with Crippen molar-refractivity contribution in [1.82, 2.24) is 0 Å². The maximum atomic E-state index is 13.3. The summed E-state index contributed by atoms with van der Waals surface area (Å²) in [5.41, 5.74) is 5.37. The molecular formula is C29H25NO4. The number of anilines is 1. The number of hydrogen-bond acceptors (Lipinski definition) is 4. The van der Waals surface area contributed by atoms with Gasteiger partial charge in [-0.05, 0) is 71.8 Å². The highest BCUT2D eigenvalue weighted by Gasteiger charge is 2.30. The van der Waals surface area contributed by atoms with Crippen LogP contribution in [0.3, 0.4) is 0 Å². The van der Waals surface area contributed by atoms with Gasteiger partial charge < -0.3 is 14.4 Å². The van der Waals surface area contributed by atoms with Gasteiger partial charge in [0.25, 0.3) is 5.91 Å². The first-order valence-electron chi connectivity index (χ1n) is 11.3. The molecule has 0 N–H and O–H groups in total. The van der Waals surface area contributed by atoms with Crippen LogP contribution in [0.15, 0.2) is 78.9 Å². The summed E-state index contributed by atoms with van der Waals surface area (Å²) < 4.78 is 10.4. The average Bonchev–Trinajstić information content (AvgIpc) is 3.13. The highest BCUT2D eigenvalue weighted by atomic mass is 16.5. The molecule has 1 amide bonds. The lowest BCUT2D eigenvalue weighted by molar-refractivity contribution is 0.0526. The van der Waals surface area contributed by atoms with Crippen molar-refractivity contribution in [3.05, 3.63) is 107 Å². The van der Waals surface area contributed by atoms with Crippen LogP contribution in [0.2, 0.25) is 0 Å². The van der Waals surface area contributed by atoms with Gasteiger partial charge in [0.1, 0.15) is 5.75 Å². The number of amides is 1. The molecule has 5 heteroatoms. The standard InChI is InChI=1S/C29H25NO4/c1-3-34-29(32)22-7-4-6-20(17-22)16-21-12-15-25-27-24(21)8-5-9-26(27)30(28(25)31)18-19-10-13-23(33-2)14-11-19/h4-15,17H,3,16,18H2,1-2H3. The van der Waals surface area contributed by atoms with E-state index >= 15 is 0 Å². The first-order chi connectivity index (χ1) is 16.6. The lowest BCUT2D eigenvalue weighted by Crippen LogP contribution is -2.25. The number of nitrogens with zero attached hydrogens (tertiary/aromatic N) is 1. The molecule has 1 aliphatic heterocycles. The number of ether oxygens (including phenoxy) is 2. The molecule has 0 aromatic heterocycles. The molecule has 34 heavy (non-hydrogen) atoms. The van der Waals surface area contributed by atoms with Crippen LogP contribution in [0.25, 0.3) is 10.8 Å². The number of rotatable bonds is 7. The van der Waals surface area contributed by atoms with Crippen LogP contribution in [0.1, 0.15) is 44.3 Å². The van der Waals surface area contributed by atoms with E-state index in [0.29, 0.717) is 25.1 Å². The molecule has 170 valence electrons. The molecule has 0 saturated carbocycles. The second-order valence-electron chi connectivity index (χ2n) is 8.31. The quantitative estimate of drug-likeness (QED) is 0.335. The molecule has 0 atom stereocenters. The van der Waals surface area contributed by atoms with E-state index in [1.54, 1.807) is 20.1 Å². The normalized spacial score (nSPS) is 12.3. The Balaban J connectivity index is 1.48. The number of carbonyl (C=O) groups excluding carboxylic acids is 2. The Hall–Kier alpha value is -4.12. The summed E-state index contributed by atoms with van der Waals surface area (Å²) in [4.78, 5) is 27.3. The third-order valence-electron chi connectivity index (χ3n) is 6.21. The Morgan fingerprint density at radius 2 is 1.71 bits per heavy atom. The van der Waals surface area contributed by atoms with Crippen LogP contribution in [-0.4, -0.2) is 25.6 Å². The predicted molar refractivity (Wildman–Crippen MR) is 133 cm³/mol. The van der Waals surface area contributed by atoms with Crippen molar-refractivity contribution in [2.75, 3.05) is 18.6 Å². The molecule has 1 heterocycles. The summed E-state index contributed by atoms with van der Waals surface area (Å²) in [6.07, 6.45) is 0.653. The van der Waals surface area contributed by atoms with Crippen LogP contribution < -0.4 is 9.64 Å². The first-order valence-corrected chi connectivity index (χ1v) is 11.3. The molecule has 5 rings (SSSR count). The fraction of sp³-hybridized carbons (Fsp3) is 0.172. The van der Waals surface area contributed by atoms with Crippen molar-refractivity contribution in [3.8, 4) is 5.75 Å². The van der Waals surface area contributed by atoms with Crippen LogP contribution >= 0.6 is 0 Å². The summed E-state index contributed by atoms with van der Waals surface area (Å²) >= 11 is 0. The minimum absolute atomic E-state index is 0.0119. The van der Waals surface area contributed by atoms with Gasteiger partial charge in [-0.25, -0.2) is 4.79 Å². The maximum Gasteiger partial charge on any atom is 0.338 e. The SMILES string of the molecule is CCOC(=O)c1cccc(Cc2ccc3c4c(cccc24)N(Cc2ccc(OC)cc2)C3=O)c1. The summed E-state index contributed by atoms with van der Waals surface area (Å²) in [5.74, 6) is 0.487. The minimum Gasteiger partial charge on any atom is -0.497 e. The maximum absolute atomic E-state index is 13.3. The molecule has 4 aromatic carbocycles. The average molecular weight is 452 g/mol. The Morgan fingerprint density at radius 1 is 0.912 bits per heavy atom. The first kappa shape index (κ1) is 21.7. The van der Waals surface area contributed by atoms with Gasteiger partial charge in [0, 0.05) is 10.9 Å². The number of methoxy groups -OCH3 is 1. The number of benzene rings is 4. The summed E-state index contributed by atoms with van der Waals surface area (Å²) in [7, 11) is 1.64. The molecule has 0 fully saturated rings. The highest BCUT2D eigenvalue weighted by Crippen LogP contribution is 2.40. The monoisotopic (exact) mass is 451 g/mol. The zero-order chi connectivity index (χ0) is 23.7. The fourth-order valence-corrected chi connectivity index (χ4v) is 4.57. The van der Waals surface area contributed by atoms with E-state index in [0.717, 1.165) is 44.5 Å². The van der Waals surface area contributed by atoms with Crippen molar-refractivity contribution in [3.63, 3.8) is 0 Å². The lowest BCUT2D eigenvalue weighted by atomic mass is 9.95.